The van der Waals surface area contributed by atoms with E-state index in [9.17, 15) is 4.79 Å². The molecule has 0 aliphatic carbocycles. The Labute approximate surface area is 154 Å². The van der Waals surface area contributed by atoms with Gasteiger partial charge in [-0.05, 0) is 35.9 Å². The summed E-state index contributed by atoms with van der Waals surface area (Å²) in [5, 5.41) is 0.696. The van der Waals surface area contributed by atoms with Crippen molar-refractivity contribution in [3.8, 4) is 11.3 Å². The Kier molecular flexibility index (Phi) is 4.63. The molecule has 2 unspecified atom stereocenters. The van der Waals surface area contributed by atoms with E-state index < -0.39 is 16.8 Å². The van der Waals surface area contributed by atoms with E-state index in [0.717, 1.165) is 0 Å². The first-order valence-electron chi connectivity index (χ1n) is 7.02. The molecule has 2 heterocycles. The number of hydrogen-bond acceptors (Lipinski definition) is 3. The van der Waals surface area contributed by atoms with Gasteiger partial charge in [-0.2, -0.15) is 0 Å². The summed E-state index contributed by atoms with van der Waals surface area (Å²) in [6.07, 6.45) is 4.63. The minimum atomic E-state index is -1.45. The third-order valence-corrected chi connectivity index (χ3v) is 5.12. The Balaban J connectivity index is 2.23. The molecule has 2 atom stereocenters. The Bertz CT molecular complexity index is 851. The largest absolute Gasteiger partial charge is 0.368 e. The number of amides is 1. The van der Waals surface area contributed by atoms with Crippen LogP contribution in [0.5, 0.6) is 0 Å². The topological polar surface area (TPSA) is 68.3 Å². The molecule has 7 heteroatoms. The van der Waals surface area contributed by atoms with Crippen LogP contribution < -0.4 is 5.73 Å². The zero-order valence-electron chi connectivity index (χ0n) is 12.3. The zero-order chi connectivity index (χ0) is 17.3. The lowest BCUT2D eigenvalue weighted by molar-refractivity contribution is -0.122. The standard InChI is InChI=1S/C17H12Cl3N3O/c18-12-5-4-10(9-11(12)13-3-1-2-7-22-13)17(16(21)24)14(19)6-8-23-15(17)20/h1-9,15H,(H2,21,24). The highest BCUT2D eigenvalue weighted by Gasteiger charge is 2.49. The second-order valence-electron chi connectivity index (χ2n) is 5.23. The average molecular weight is 381 g/mol. The first-order chi connectivity index (χ1) is 11.5. The molecular weight excluding hydrogens is 369 g/mol. The van der Waals surface area contributed by atoms with Gasteiger partial charge in [0.2, 0.25) is 5.91 Å². The lowest BCUT2D eigenvalue weighted by Crippen LogP contribution is -2.49. The highest BCUT2D eigenvalue weighted by Crippen LogP contribution is 2.44. The first kappa shape index (κ1) is 17.0. The molecule has 2 aromatic rings. The lowest BCUT2D eigenvalue weighted by atomic mass is 9.77. The summed E-state index contributed by atoms with van der Waals surface area (Å²) in [4.78, 5) is 20.7. The van der Waals surface area contributed by atoms with E-state index in [-0.39, 0.29) is 5.03 Å². The van der Waals surface area contributed by atoms with Gasteiger partial charge in [-0.25, -0.2) is 0 Å². The highest BCUT2D eigenvalue weighted by atomic mass is 35.5. The van der Waals surface area contributed by atoms with Crippen LogP contribution in [0.15, 0.2) is 58.7 Å². The number of hydrogen-bond donors (Lipinski definition) is 1. The SMILES string of the molecule is NC(=O)C1(c2ccc(Cl)c(-c3ccccn3)c2)C(Cl)=CC=NC1Cl. The molecule has 0 fully saturated rings. The summed E-state index contributed by atoms with van der Waals surface area (Å²) in [7, 11) is 0. The first-order valence-corrected chi connectivity index (χ1v) is 8.22. The van der Waals surface area contributed by atoms with Crippen molar-refractivity contribution in [3.63, 3.8) is 0 Å². The fourth-order valence-corrected chi connectivity index (χ4v) is 3.73. The van der Waals surface area contributed by atoms with Gasteiger partial charge in [0, 0.05) is 28.0 Å². The Hall–Kier alpha value is -1.88. The molecule has 24 heavy (non-hydrogen) atoms. The molecule has 0 saturated heterocycles. The second-order valence-corrected chi connectivity index (χ2v) is 6.46. The number of carbonyl (C=O) groups is 1. The number of halogens is 3. The van der Waals surface area contributed by atoms with Crippen LogP contribution in [0.1, 0.15) is 5.56 Å². The van der Waals surface area contributed by atoms with Crippen molar-refractivity contribution in [2.75, 3.05) is 0 Å². The van der Waals surface area contributed by atoms with Crippen LogP contribution in [0.4, 0.5) is 0 Å². The number of dihydropyridines is 1. The normalized spacial score (nSPS) is 23.0. The van der Waals surface area contributed by atoms with E-state index >= 15 is 0 Å². The summed E-state index contributed by atoms with van der Waals surface area (Å²) in [6, 6.07) is 10.5. The van der Waals surface area contributed by atoms with Crippen LogP contribution in [0.25, 0.3) is 11.3 Å². The maximum absolute atomic E-state index is 12.3. The number of alkyl halides is 1. The van der Waals surface area contributed by atoms with Gasteiger partial charge >= 0.3 is 0 Å². The summed E-state index contributed by atoms with van der Waals surface area (Å²) in [5.41, 5.74) is 5.09. The number of pyridine rings is 1. The fraction of sp³-hybridized carbons (Fsp3) is 0.118. The minimum absolute atomic E-state index is 0.208. The predicted octanol–water partition coefficient (Wildman–Crippen LogP) is 3.90. The van der Waals surface area contributed by atoms with E-state index in [1.165, 1.54) is 12.3 Å². The minimum Gasteiger partial charge on any atom is -0.368 e. The van der Waals surface area contributed by atoms with Gasteiger partial charge in [0.15, 0.2) is 0 Å². The summed E-state index contributed by atoms with van der Waals surface area (Å²) < 4.78 is 0. The van der Waals surface area contributed by atoms with Crippen molar-refractivity contribution in [2.24, 2.45) is 10.7 Å². The smallest absolute Gasteiger partial charge is 0.236 e. The molecule has 122 valence electrons. The quantitative estimate of drug-likeness (QED) is 0.648. The van der Waals surface area contributed by atoms with E-state index in [1.54, 1.807) is 30.5 Å². The fourth-order valence-electron chi connectivity index (χ4n) is 2.68. The molecule has 0 bridgehead atoms. The third kappa shape index (κ3) is 2.61. The van der Waals surface area contributed by atoms with Crippen LogP contribution in [0, 0.1) is 0 Å². The number of benzene rings is 1. The Morgan fingerprint density at radius 1 is 1.21 bits per heavy atom. The maximum atomic E-state index is 12.3. The number of nitrogens with zero attached hydrogens (tertiary/aromatic N) is 2. The molecular formula is C17H12Cl3N3O. The van der Waals surface area contributed by atoms with Crippen LogP contribution in [0.3, 0.4) is 0 Å². The molecule has 1 aromatic carbocycles. The highest BCUT2D eigenvalue weighted by molar-refractivity contribution is 6.37. The molecule has 0 saturated carbocycles. The van der Waals surface area contributed by atoms with Crippen molar-refractivity contribution in [1.82, 2.24) is 4.98 Å². The van der Waals surface area contributed by atoms with Gasteiger partial charge < -0.3 is 5.73 Å². The van der Waals surface area contributed by atoms with Crippen molar-refractivity contribution in [1.29, 1.82) is 0 Å². The molecule has 1 amide bonds. The second kappa shape index (κ2) is 6.55. The Morgan fingerprint density at radius 2 is 2.00 bits per heavy atom. The van der Waals surface area contributed by atoms with E-state index in [4.69, 9.17) is 40.5 Å². The summed E-state index contributed by atoms with van der Waals surface area (Å²) in [6.45, 7) is 0. The third-order valence-electron chi connectivity index (χ3n) is 3.92. The van der Waals surface area contributed by atoms with E-state index in [2.05, 4.69) is 9.98 Å². The molecule has 3 rings (SSSR count). The number of rotatable bonds is 3. The number of aliphatic imine (C=N–C) groups is 1. The van der Waals surface area contributed by atoms with Crippen LogP contribution >= 0.6 is 34.8 Å². The monoisotopic (exact) mass is 379 g/mol. The van der Waals surface area contributed by atoms with Crippen molar-refractivity contribution < 1.29 is 4.79 Å². The number of allylic oxidation sites excluding steroid dienone is 1. The number of carbonyl (C=O) groups excluding carboxylic acids is 1. The zero-order valence-corrected chi connectivity index (χ0v) is 14.6. The summed E-state index contributed by atoms with van der Waals surface area (Å²) >= 11 is 19.0. The van der Waals surface area contributed by atoms with Crippen LogP contribution in [0.2, 0.25) is 5.02 Å². The van der Waals surface area contributed by atoms with Gasteiger partial charge in [0.25, 0.3) is 0 Å². The number of aromatic nitrogens is 1. The van der Waals surface area contributed by atoms with Crippen molar-refractivity contribution in [2.45, 2.75) is 10.9 Å². The van der Waals surface area contributed by atoms with Gasteiger partial charge in [-0.3, -0.25) is 14.8 Å². The Morgan fingerprint density at radius 3 is 2.62 bits per heavy atom. The number of nitrogens with two attached hydrogens (primary N) is 1. The van der Waals surface area contributed by atoms with Gasteiger partial charge in [0.05, 0.1) is 5.69 Å². The number of primary amides is 1. The van der Waals surface area contributed by atoms with E-state index in [1.807, 2.05) is 12.1 Å². The van der Waals surface area contributed by atoms with Gasteiger partial charge in [-0.1, -0.05) is 46.9 Å². The molecule has 1 aliphatic heterocycles. The molecule has 4 nitrogen and oxygen atoms in total. The molecule has 2 N–H and O–H groups in total. The molecule has 0 radical (unpaired) electrons. The van der Waals surface area contributed by atoms with E-state index in [0.29, 0.717) is 21.8 Å². The van der Waals surface area contributed by atoms with Crippen LogP contribution in [-0.4, -0.2) is 22.6 Å². The predicted molar refractivity (Wildman–Crippen MR) is 97.6 cm³/mol. The molecule has 1 aliphatic rings. The maximum Gasteiger partial charge on any atom is 0.236 e. The van der Waals surface area contributed by atoms with Gasteiger partial charge in [0.1, 0.15) is 10.9 Å². The molecule has 0 spiro atoms. The van der Waals surface area contributed by atoms with Crippen molar-refractivity contribution in [3.05, 3.63) is 64.3 Å². The van der Waals surface area contributed by atoms with Crippen LogP contribution in [-0.2, 0) is 10.2 Å². The average Bonchev–Trinajstić information content (AvgIpc) is 2.57. The van der Waals surface area contributed by atoms with Gasteiger partial charge in [-0.15, -0.1) is 0 Å². The molecule has 1 aromatic heterocycles. The summed E-state index contributed by atoms with van der Waals surface area (Å²) in [5.74, 6) is -0.685. The van der Waals surface area contributed by atoms with Crippen molar-refractivity contribution >= 4 is 46.9 Å². The lowest BCUT2D eigenvalue weighted by Gasteiger charge is -2.35.